The van der Waals surface area contributed by atoms with Gasteiger partial charge in [-0.3, -0.25) is 4.79 Å². The molecule has 0 saturated heterocycles. The van der Waals surface area contributed by atoms with Crippen LogP contribution in [0.25, 0.3) is 0 Å². The van der Waals surface area contributed by atoms with Gasteiger partial charge in [-0.15, -0.1) is 0 Å². The van der Waals surface area contributed by atoms with E-state index in [1.807, 2.05) is 37.4 Å². The number of thioether (sulfide) groups is 1. The normalized spacial score (nSPS) is 13.1. The van der Waals surface area contributed by atoms with E-state index >= 15 is 0 Å². The zero-order valence-electron chi connectivity index (χ0n) is 13.0. The van der Waals surface area contributed by atoms with Gasteiger partial charge in [-0.1, -0.05) is 19.1 Å². The first-order valence-corrected chi connectivity index (χ1v) is 8.28. The number of methoxy groups -OCH3 is 1. The Kier molecular flexibility index (Phi) is 6.57. The second-order valence-corrected chi connectivity index (χ2v) is 5.87. The lowest BCUT2D eigenvalue weighted by Gasteiger charge is -2.30. The SMILES string of the molecule is CCCN(C(=O)C(C)(C#N)CSC)c1ccccc1OC. The molecule has 1 amide bonds. The molecule has 1 aromatic carbocycles. The quantitative estimate of drug-likeness (QED) is 0.775. The molecular formula is C16H22N2O2S. The van der Waals surface area contributed by atoms with Crippen LogP contribution >= 0.6 is 11.8 Å². The number of ether oxygens (including phenoxy) is 1. The predicted octanol–water partition coefficient (Wildman–Crippen LogP) is 3.33. The van der Waals surface area contributed by atoms with Crippen molar-refractivity contribution >= 4 is 23.4 Å². The Morgan fingerprint density at radius 2 is 2.14 bits per heavy atom. The fourth-order valence-corrected chi connectivity index (χ4v) is 2.90. The van der Waals surface area contributed by atoms with Gasteiger partial charge < -0.3 is 9.64 Å². The summed E-state index contributed by atoms with van der Waals surface area (Å²) in [6.45, 7) is 4.27. The number of hydrogen-bond donors (Lipinski definition) is 0. The molecule has 0 aromatic heterocycles. The average molecular weight is 306 g/mol. The second-order valence-electron chi connectivity index (χ2n) is 5.01. The molecule has 1 unspecified atom stereocenters. The highest BCUT2D eigenvalue weighted by Crippen LogP contribution is 2.32. The summed E-state index contributed by atoms with van der Waals surface area (Å²) in [6, 6.07) is 9.58. The van der Waals surface area contributed by atoms with Crippen LogP contribution in [0.2, 0.25) is 0 Å². The number of nitriles is 1. The number of carbonyl (C=O) groups is 1. The molecule has 0 aliphatic carbocycles. The Labute approximate surface area is 131 Å². The van der Waals surface area contributed by atoms with E-state index < -0.39 is 5.41 Å². The number of nitrogens with zero attached hydrogens (tertiary/aromatic N) is 2. The van der Waals surface area contributed by atoms with Gasteiger partial charge in [0.15, 0.2) is 0 Å². The summed E-state index contributed by atoms with van der Waals surface area (Å²) in [7, 11) is 1.58. The third-order valence-electron chi connectivity index (χ3n) is 3.22. The molecule has 1 aromatic rings. The molecule has 114 valence electrons. The molecule has 0 saturated carbocycles. The molecule has 1 atom stereocenters. The Morgan fingerprint density at radius 1 is 1.48 bits per heavy atom. The van der Waals surface area contributed by atoms with Crippen LogP contribution in [-0.2, 0) is 4.79 Å². The topological polar surface area (TPSA) is 53.3 Å². The third kappa shape index (κ3) is 3.92. The molecule has 0 radical (unpaired) electrons. The van der Waals surface area contributed by atoms with Crippen molar-refractivity contribution in [3.63, 3.8) is 0 Å². The van der Waals surface area contributed by atoms with E-state index in [4.69, 9.17) is 4.74 Å². The van der Waals surface area contributed by atoms with Crippen LogP contribution in [0.15, 0.2) is 24.3 Å². The largest absolute Gasteiger partial charge is 0.495 e. The highest BCUT2D eigenvalue weighted by molar-refractivity contribution is 7.98. The first kappa shape index (κ1) is 17.4. The van der Waals surface area contributed by atoms with Crippen LogP contribution < -0.4 is 9.64 Å². The average Bonchev–Trinajstić information content (AvgIpc) is 2.52. The summed E-state index contributed by atoms with van der Waals surface area (Å²) in [5, 5.41) is 9.44. The van der Waals surface area contributed by atoms with Crippen LogP contribution in [0.5, 0.6) is 5.75 Å². The Balaban J connectivity index is 3.23. The zero-order chi connectivity index (χ0) is 15.9. The van der Waals surface area contributed by atoms with Crippen molar-refractivity contribution in [2.45, 2.75) is 20.3 Å². The summed E-state index contributed by atoms with van der Waals surface area (Å²) in [6.07, 6.45) is 2.71. The lowest BCUT2D eigenvalue weighted by atomic mass is 9.93. The van der Waals surface area contributed by atoms with E-state index in [1.54, 1.807) is 18.9 Å². The number of benzene rings is 1. The number of carbonyl (C=O) groups excluding carboxylic acids is 1. The highest BCUT2D eigenvalue weighted by Gasteiger charge is 2.37. The molecule has 1 rings (SSSR count). The van der Waals surface area contributed by atoms with Gasteiger partial charge in [0, 0.05) is 12.3 Å². The van der Waals surface area contributed by atoms with Gasteiger partial charge >= 0.3 is 0 Å². The Morgan fingerprint density at radius 3 is 2.67 bits per heavy atom. The van der Waals surface area contributed by atoms with Crippen molar-refractivity contribution in [2.24, 2.45) is 5.41 Å². The van der Waals surface area contributed by atoms with Crippen molar-refractivity contribution in [2.75, 3.05) is 30.6 Å². The summed E-state index contributed by atoms with van der Waals surface area (Å²) in [4.78, 5) is 14.5. The molecule has 0 aliphatic heterocycles. The number of anilines is 1. The highest BCUT2D eigenvalue weighted by atomic mass is 32.2. The van der Waals surface area contributed by atoms with Crippen LogP contribution in [0.1, 0.15) is 20.3 Å². The molecular weight excluding hydrogens is 284 g/mol. The Bertz CT molecular complexity index is 527. The molecule has 0 fully saturated rings. The van der Waals surface area contributed by atoms with Crippen molar-refractivity contribution in [1.29, 1.82) is 5.26 Å². The van der Waals surface area contributed by atoms with Crippen LogP contribution in [0.4, 0.5) is 5.69 Å². The first-order chi connectivity index (χ1) is 10.0. The molecule has 0 N–H and O–H groups in total. The molecule has 21 heavy (non-hydrogen) atoms. The minimum absolute atomic E-state index is 0.175. The van der Waals surface area contributed by atoms with E-state index in [9.17, 15) is 10.1 Å². The monoisotopic (exact) mass is 306 g/mol. The minimum Gasteiger partial charge on any atom is -0.495 e. The summed E-state index contributed by atoms with van der Waals surface area (Å²) >= 11 is 1.50. The van der Waals surface area contributed by atoms with Crippen LogP contribution in [0.3, 0.4) is 0 Å². The lowest BCUT2D eigenvalue weighted by molar-refractivity contribution is -0.123. The number of rotatable bonds is 7. The van der Waals surface area contributed by atoms with Crippen molar-refractivity contribution in [3.8, 4) is 11.8 Å². The maximum absolute atomic E-state index is 12.9. The smallest absolute Gasteiger partial charge is 0.248 e. The van der Waals surface area contributed by atoms with Gasteiger partial charge in [0.05, 0.1) is 18.9 Å². The summed E-state index contributed by atoms with van der Waals surface area (Å²) in [5.74, 6) is 0.937. The van der Waals surface area contributed by atoms with Crippen molar-refractivity contribution in [1.82, 2.24) is 0 Å². The van der Waals surface area contributed by atoms with E-state index in [-0.39, 0.29) is 5.91 Å². The summed E-state index contributed by atoms with van der Waals surface area (Å²) in [5.41, 5.74) is -0.315. The van der Waals surface area contributed by atoms with Gasteiger partial charge in [0.2, 0.25) is 5.91 Å². The van der Waals surface area contributed by atoms with Gasteiger partial charge in [-0.05, 0) is 31.7 Å². The van der Waals surface area contributed by atoms with E-state index in [2.05, 4.69) is 6.07 Å². The number of para-hydroxylation sites is 2. The second kappa shape index (κ2) is 7.94. The molecule has 0 heterocycles. The fraction of sp³-hybridized carbons (Fsp3) is 0.500. The van der Waals surface area contributed by atoms with E-state index in [0.29, 0.717) is 18.0 Å². The first-order valence-electron chi connectivity index (χ1n) is 6.89. The van der Waals surface area contributed by atoms with Gasteiger partial charge in [0.25, 0.3) is 0 Å². The lowest BCUT2D eigenvalue weighted by Crippen LogP contribution is -2.44. The molecule has 4 nitrogen and oxygen atoms in total. The standard InChI is InChI=1S/C16H22N2O2S/c1-5-10-18(13-8-6-7-9-14(13)20-3)15(19)16(2,11-17)12-21-4/h6-9H,5,10,12H2,1-4H3. The maximum atomic E-state index is 12.9. The predicted molar refractivity (Wildman–Crippen MR) is 87.7 cm³/mol. The van der Waals surface area contributed by atoms with E-state index in [0.717, 1.165) is 12.1 Å². The molecule has 0 spiro atoms. The molecule has 0 aliphatic rings. The number of amides is 1. The third-order valence-corrected chi connectivity index (χ3v) is 4.09. The van der Waals surface area contributed by atoms with Gasteiger partial charge in [-0.2, -0.15) is 17.0 Å². The zero-order valence-corrected chi connectivity index (χ0v) is 13.9. The van der Waals surface area contributed by atoms with Crippen LogP contribution in [0, 0.1) is 16.7 Å². The minimum atomic E-state index is -1.03. The van der Waals surface area contributed by atoms with Crippen molar-refractivity contribution < 1.29 is 9.53 Å². The Hall–Kier alpha value is -1.67. The van der Waals surface area contributed by atoms with Gasteiger partial charge in [-0.25, -0.2) is 0 Å². The van der Waals surface area contributed by atoms with Crippen molar-refractivity contribution in [3.05, 3.63) is 24.3 Å². The number of hydrogen-bond acceptors (Lipinski definition) is 4. The molecule has 0 bridgehead atoms. The van der Waals surface area contributed by atoms with E-state index in [1.165, 1.54) is 11.8 Å². The summed E-state index contributed by atoms with van der Waals surface area (Å²) < 4.78 is 5.35. The van der Waals surface area contributed by atoms with Crippen LogP contribution in [-0.4, -0.2) is 31.6 Å². The molecule has 5 heteroatoms. The fourth-order valence-electron chi connectivity index (χ4n) is 2.14. The maximum Gasteiger partial charge on any atom is 0.248 e. The van der Waals surface area contributed by atoms with Gasteiger partial charge in [0.1, 0.15) is 11.2 Å².